The molecule has 0 saturated heterocycles. The molecule has 0 atom stereocenters. The highest BCUT2D eigenvalue weighted by atomic mass is 15.1. The zero-order valence-electron chi connectivity index (χ0n) is 34.0. The Hall–Kier alpha value is -8.20. The summed E-state index contributed by atoms with van der Waals surface area (Å²) in [6, 6.07) is 88.5. The molecule has 0 spiro atoms. The highest BCUT2D eigenvalue weighted by Crippen LogP contribution is 2.42. The summed E-state index contributed by atoms with van der Waals surface area (Å²) in [6.45, 7) is 0. The summed E-state index contributed by atoms with van der Waals surface area (Å²) in [7, 11) is 0. The molecule has 0 aliphatic carbocycles. The molecule has 1 heterocycles. The van der Waals surface area contributed by atoms with Crippen LogP contribution in [-0.4, -0.2) is 4.57 Å². The first kappa shape index (κ1) is 35.7. The van der Waals surface area contributed by atoms with Crippen LogP contribution in [0.25, 0.3) is 93.2 Å². The molecule has 0 aliphatic rings. The lowest BCUT2D eigenvalue weighted by molar-refractivity contribution is 1.17. The number of hydrogen-bond acceptors (Lipinski definition) is 1. The van der Waals surface area contributed by atoms with Gasteiger partial charge in [0.1, 0.15) is 0 Å². The minimum absolute atomic E-state index is 1.08. The van der Waals surface area contributed by atoms with Crippen LogP contribution in [0.5, 0.6) is 0 Å². The van der Waals surface area contributed by atoms with E-state index < -0.39 is 0 Å². The van der Waals surface area contributed by atoms with Gasteiger partial charge in [-0.05, 0) is 132 Å². The molecule has 290 valence electrons. The van der Waals surface area contributed by atoms with E-state index in [1.165, 1.54) is 87.5 Å². The Morgan fingerprint density at radius 3 is 1.52 bits per heavy atom. The van der Waals surface area contributed by atoms with Crippen LogP contribution in [0.4, 0.5) is 17.1 Å². The second-order valence-corrected chi connectivity index (χ2v) is 16.1. The lowest BCUT2D eigenvalue weighted by Crippen LogP contribution is -2.10. The molecule has 0 fully saturated rings. The molecule has 0 amide bonds. The van der Waals surface area contributed by atoms with Crippen molar-refractivity contribution in [3.05, 3.63) is 243 Å². The van der Waals surface area contributed by atoms with E-state index in [1.807, 2.05) is 0 Å². The third-order valence-corrected chi connectivity index (χ3v) is 12.5. The predicted molar refractivity (Wildman–Crippen MR) is 264 cm³/mol. The van der Waals surface area contributed by atoms with E-state index in [1.54, 1.807) is 0 Å². The van der Waals surface area contributed by atoms with Crippen molar-refractivity contribution in [3.8, 4) is 39.1 Å². The maximum absolute atomic E-state index is 2.40. The van der Waals surface area contributed by atoms with Gasteiger partial charge < -0.3 is 9.47 Å². The monoisotopic (exact) mass is 788 g/mol. The number of hydrogen-bond donors (Lipinski definition) is 0. The van der Waals surface area contributed by atoms with E-state index in [4.69, 9.17) is 0 Å². The SMILES string of the molecule is c1ccc(-c2cccc3cccc(-c4cccc(N(c5ccc(-n6c7ccccc7c7ccccc76)cc5)c5cccc(-c6ccc7c(ccc8ccccc87)c6)c5)c4)c23)cc1. The topological polar surface area (TPSA) is 8.17 Å². The molecule has 12 rings (SSSR count). The third kappa shape index (κ3) is 6.04. The first-order valence-corrected chi connectivity index (χ1v) is 21.3. The molecule has 62 heavy (non-hydrogen) atoms. The number of fused-ring (bicyclic) bond motifs is 7. The first-order valence-electron chi connectivity index (χ1n) is 21.3. The fraction of sp³-hybridized carbons (Fsp3) is 0. The number of aromatic nitrogens is 1. The maximum Gasteiger partial charge on any atom is 0.0541 e. The van der Waals surface area contributed by atoms with Gasteiger partial charge in [0, 0.05) is 33.5 Å². The molecular weight excluding hydrogens is 749 g/mol. The van der Waals surface area contributed by atoms with Gasteiger partial charge in [-0.25, -0.2) is 0 Å². The van der Waals surface area contributed by atoms with Crippen LogP contribution in [0.15, 0.2) is 243 Å². The number of anilines is 3. The van der Waals surface area contributed by atoms with Crippen molar-refractivity contribution in [1.82, 2.24) is 4.57 Å². The minimum atomic E-state index is 1.08. The van der Waals surface area contributed by atoms with E-state index in [0.29, 0.717) is 0 Å². The van der Waals surface area contributed by atoms with Gasteiger partial charge in [-0.2, -0.15) is 0 Å². The van der Waals surface area contributed by atoms with E-state index in [-0.39, 0.29) is 0 Å². The molecule has 11 aromatic carbocycles. The second kappa shape index (κ2) is 14.8. The van der Waals surface area contributed by atoms with Crippen LogP contribution in [0.2, 0.25) is 0 Å². The number of para-hydroxylation sites is 2. The first-order chi connectivity index (χ1) is 30.7. The highest BCUT2D eigenvalue weighted by molar-refractivity contribution is 6.10. The van der Waals surface area contributed by atoms with Gasteiger partial charge in [-0.1, -0.05) is 176 Å². The van der Waals surface area contributed by atoms with E-state index in [0.717, 1.165) is 22.7 Å². The average molecular weight is 789 g/mol. The number of nitrogens with zero attached hydrogens (tertiary/aromatic N) is 2. The van der Waals surface area contributed by atoms with Crippen molar-refractivity contribution in [2.75, 3.05) is 4.90 Å². The Morgan fingerprint density at radius 1 is 0.274 bits per heavy atom. The Labute approximate surface area is 360 Å². The maximum atomic E-state index is 2.40. The molecule has 0 saturated carbocycles. The fourth-order valence-electron chi connectivity index (χ4n) is 9.67. The van der Waals surface area contributed by atoms with Crippen molar-refractivity contribution in [1.29, 1.82) is 0 Å². The van der Waals surface area contributed by atoms with Gasteiger partial charge in [0.25, 0.3) is 0 Å². The molecule has 2 heteroatoms. The van der Waals surface area contributed by atoms with Gasteiger partial charge in [0.15, 0.2) is 0 Å². The standard InChI is InChI=1S/C60H40N2/c1-2-14-41(15-3-1)54-26-12-17-43-18-13-27-55(60(43)54)46-20-11-22-51(40-46)61(48-33-35-49(36-34-48)62-58-28-8-6-24-56(58)57-25-7-9-29-59(57)62)50-21-10-19-44(39-50)45-32-37-53-47(38-45)31-30-42-16-4-5-23-52(42)53/h1-40H. The normalized spacial score (nSPS) is 11.5. The van der Waals surface area contributed by atoms with Crippen LogP contribution < -0.4 is 4.90 Å². The molecule has 1 aromatic heterocycles. The predicted octanol–water partition coefficient (Wildman–Crippen LogP) is 16.7. The summed E-state index contributed by atoms with van der Waals surface area (Å²) in [4.78, 5) is 2.40. The second-order valence-electron chi connectivity index (χ2n) is 16.1. The Morgan fingerprint density at radius 2 is 0.790 bits per heavy atom. The molecule has 0 N–H and O–H groups in total. The summed E-state index contributed by atoms with van der Waals surface area (Å²) in [5.41, 5.74) is 14.0. The van der Waals surface area contributed by atoms with E-state index in [2.05, 4.69) is 252 Å². The molecule has 12 aromatic rings. The summed E-state index contributed by atoms with van der Waals surface area (Å²) in [5, 5.41) is 10.0. The van der Waals surface area contributed by atoms with E-state index >= 15 is 0 Å². The van der Waals surface area contributed by atoms with Crippen LogP contribution >= 0.6 is 0 Å². The van der Waals surface area contributed by atoms with Crippen LogP contribution in [0.3, 0.4) is 0 Å². The lowest BCUT2D eigenvalue weighted by Gasteiger charge is -2.27. The number of benzene rings is 11. The zero-order valence-corrected chi connectivity index (χ0v) is 34.0. The summed E-state index contributed by atoms with van der Waals surface area (Å²) < 4.78 is 2.38. The van der Waals surface area contributed by atoms with Gasteiger partial charge in [0.05, 0.1) is 11.0 Å². The minimum Gasteiger partial charge on any atom is -0.310 e. The van der Waals surface area contributed by atoms with Crippen molar-refractivity contribution in [2.24, 2.45) is 0 Å². The van der Waals surface area contributed by atoms with E-state index in [9.17, 15) is 0 Å². The van der Waals surface area contributed by atoms with Crippen LogP contribution in [0, 0.1) is 0 Å². The molecule has 0 bridgehead atoms. The molecule has 2 nitrogen and oxygen atoms in total. The average Bonchev–Trinajstić information content (AvgIpc) is 3.68. The van der Waals surface area contributed by atoms with Crippen LogP contribution in [-0.2, 0) is 0 Å². The Kier molecular flexibility index (Phi) is 8.53. The summed E-state index contributed by atoms with van der Waals surface area (Å²) in [6.07, 6.45) is 0. The lowest BCUT2D eigenvalue weighted by atomic mass is 9.91. The number of rotatable bonds is 7. The largest absolute Gasteiger partial charge is 0.310 e. The molecular formula is C60H40N2. The van der Waals surface area contributed by atoms with Crippen LogP contribution in [0.1, 0.15) is 0 Å². The highest BCUT2D eigenvalue weighted by Gasteiger charge is 2.18. The van der Waals surface area contributed by atoms with Gasteiger partial charge in [-0.3, -0.25) is 0 Å². The quantitative estimate of drug-likeness (QED) is 0.146. The Balaban J connectivity index is 1.02. The summed E-state index contributed by atoms with van der Waals surface area (Å²) in [5.74, 6) is 0. The van der Waals surface area contributed by atoms with Gasteiger partial charge >= 0.3 is 0 Å². The van der Waals surface area contributed by atoms with Crippen molar-refractivity contribution in [2.45, 2.75) is 0 Å². The van der Waals surface area contributed by atoms with Gasteiger partial charge in [-0.15, -0.1) is 0 Å². The van der Waals surface area contributed by atoms with Gasteiger partial charge in [0.2, 0.25) is 0 Å². The molecule has 0 unspecified atom stereocenters. The van der Waals surface area contributed by atoms with Crippen molar-refractivity contribution in [3.63, 3.8) is 0 Å². The third-order valence-electron chi connectivity index (χ3n) is 12.5. The molecule has 0 aliphatic heterocycles. The molecule has 0 radical (unpaired) electrons. The zero-order chi connectivity index (χ0) is 41.0. The van der Waals surface area contributed by atoms with Crippen molar-refractivity contribution < 1.29 is 0 Å². The van der Waals surface area contributed by atoms with Crippen molar-refractivity contribution >= 4 is 71.2 Å². The smallest absolute Gasteiger partial charge is 0.0541 e. The fourth-order valence-corrected chi connectivity index (χ4v) is 9.67. The Bertz CT molecular complexity index is 3580. The summed E-state index contributed by atoms with van der Waals surface area (Å²) >= 11 is 0.